The third kappa shape index (κ3) is 3.37. The zero-order valence-corrected chi connectivity index (χ0v) is 12.3. The average Bonchev–Trinajstić information content (AvgIpc) is 2.98. The Morgan fingerprint density at radius 1 is 1.30 bits per heavy atom. The van der Waals surface area contributed by atoms with Crippen molar-refractivity contribution in [3.05, 3.63) is 29.8 Å². The zero-order valence-electron chi connectivity index (χ0n) is 11.5. The number of hydroxylamine groups is 1. The molecule has 0 aliphatic heterocycles. The summed E-state index contributed by atoms with van der Waals surface area (Å²) in [6.45, 7) is 1.55. The quantitative estimate of drug-likeness (QED) is 0.845. The van der Waals surface area contributed by atoms with Crippen LogP contribution in [0.1, 0.15) is 43.0 Å². The molecule has 0 spiro atoms. The summed E-state index contributed by atoms with van der Waals surface area (Å²) in [5.41, 5.74) is 2.51. The maximum atomic E-state index is 12.1. The molecule has 20 heavy (non-hydrogen) atoms. The lowest BCUT2D eigenvalue weighted by Crippen LogP contribution is -2.29. The second-order valence-electron chi connectivity index (χ2n) is 4.86. The summed E-state index contributed by atoms with van der Waals surface area (Å²) in [5.74, 6) is -0.551. The normalized spacial score (nSPS) is 16.2. The van der Waals surface area contributed by atoms with Crippen LogP contribution in [0.2, 0.25) is 0 Å². The molecule has 1 N–H and O–H groups in total. The first-order valence-corrected chi connectivity index (χ1v) is 8.47. The Kier molecular flexibility index (Phi) is 4.77. The SMILES string of the molecule is CCS(=O)(=O)c1ccccc1C(=O)NOC1CCCC1. The number of hydrogen-bond donors (Lipinski definition) is 1. The van der Waals surface area contributed by atoms with Gasteiger partial charge in [-0.15, -0.1) is 0 Å². The maximum absolute atomic E-state index is 12.1. The first-order valence-electron chi connectivity index (χ1n) is 6.82. The van der Waals surface area contributed by atoms with Crippen LogP contribution in [0.15, 0.2) is 29.2 Å². The molecular formula is C14H19NO4S. The van der Waals surface area contributed by atoms with Crippen molar-refractivity contribution in [3.8, 4) is 0 Å². The van der Waals surface area contributed by atoms with E-state index < -0.39 is 15.7 Å². The van der Waals surface area contributed by atoms with E-state index in [0.29, 0.717) is 0 Å². The van der Waals surface area contributed by atoms with Gasteiger partial charge in [0, 0.05) is 0 Å². The van der Waals surface area contributed by atoms with Crippen molar-refractivity contribution >= 4 is 15.7 Å². The largest absolute Gasteiger partial charge is 0.276 e. The second kappa shape index (κ2) is 6.37. The molecule has 6 heteroatoms. The molecule has 0 bridgehead atoms. The van der Waals surface area contributed by atoms with Crippen LogP contribution in [0.4, 0.5) is 0 Å². The number of rotatable bonds is 5. The highest BCUT2D eigenvalue weighted by molar-refractivity contribution is 7.91. The maximum Gasteiger partial charge on any atom is 0.276 e. The fourth-order valence-corrected chi connectivity index (χ4v) is 3.37. The lowest BCUT2D eigenvalue weighted by molar-refractivity contribution is -0.0126. The fraction of sp³-hybridized carbons (Fsp3) is 0.500. The average molecular weight is 297 g/mol. The number of sulfone groups is 1. The van der Waals surface area contributed by atoms with Gasteiger partial charge < -0.3 is 0 Å². The van der Waals surface area contributed by atoms with Gasteiger partial charge in [0.1, 0.15) is 0 Å². The molecule has 1 fully saturated rings. The van der Waals surface area contributed by atoms with E-state index in [9.17, 15) is 13.2 Å². The Balaban J connectivity index is 2.13. The van der Waals surface area contributed by atoms with E-state index in [1.807, 2.05) is 0 Å². The Morgan fingerprint density at radius 2 is 1.95 bits per heavy atom. The standard InChI is InChI=1S/C14H19NO4S/c1-2-20(17,18)13-10-6-5-9-12(13)14(16)15-19-11-7-3-4-8-11/h5-6,9-11H,2-4,7-8H2,1H3,(H,15,16). The number of amides is 1. The lowest BCUT2D eigenvalue weighted by Gasteiger charge is -2.13. The minimum Gasteiger partial charge on any atom is -0.270 e. The molecule has 0 aromatic heterocycles. The molecule has 1 saturated carbocycles. The van der Waals surface area contributed by atoms with Gasteiger partial charge in [-0.2, -0.15) is 0 Å². The fourth-order valence-electron chi connectivity index (χ4n) is 2.28. The van der Waals surface area contributed by atoms with Crippen molar-refractivity contribution in [1.82, 2.24) is 5.48 Å². The van der Waals surface area contributed by atoms with Crippen molar-refractivity contribution in [2.75, 3.05) is 5.75 Å². The molecular weight excluding hydrogens is 278 g/mol. The molecule has 5 nitrogen and oxygen atoms in total. The van der Waals surface area contributed by atoms with Crippen molar-refractivity contribution in [1.29, 1.82) is 0 Å². The molecule has 2 rings (SSSR count). The summed E-state index contributed by atoms with van der Waals surface area (Å²) in [6.07, 6.45) is 4.08. The molecule has 1 aliphatic rings. The topological polar surface area (TPSA) is 72.5 Å². The number of carbonyl (C=O) groups is 1. The molecule has 1 aromatic carbocycles. The van der Waals surface area contributed by atoms with Crippen LogP contribution < -0.4 is 5.48 Å². The molecule has 0 unspecified atom stereocenters. The number of hydrogen-bond acceptors (Lipinski definition) is 4. The van der Waals surface area contributed by atoms with Gasteiger partial charge >= 0.3 is 0 Å². The van der Waals surface area contributed by atoms with Gasteiger partial charge in [0.2, 0.25) is 0 Å². The highest BCUT2D eigenvalue weighted by Gasteiger charge is 2.22. The van der Waals surface area contributed by atoms with Crippen LogP contribution in [0.25, 0.3) is 0 Å². The molecule has 0 saturated heterocycles. The summed E-state index contributed by atoms with van der Waals surface area (Å²) in [4.78, 5) is 17.5. The van der Waals surface area contributed by atoms with E-state index in [4.69, 9.17) is 4.84 Å². The summed E-state index contributed by atoms with van der Waals surface area (Å²) in [5, 5.41) is 0. The van der Waals surface area contributed by atoms with E-state index in [1.54, 1.807) is 19.1 Å². The van der Waals surface area contributed by atoms with Crippen molar-refractivity contribution in [2.45, 2.75) is 43.6 Å². The van der Waals surface area contributed by atoms with Gasteiger partial charge in [-0.3, -0.25) is 9.63 Å². The predicted molar refractivity (Wildman–Crippen MR) is 75.0 cm³/mol. The Bertz CT molecular complexity index is 577. The van der Waals surface area contributed by atoms with Gasteiger partial charge in [-0.25, -0.2) is 13.9 Å². The first-order chi connectivity index (χ1) is 9.54. The molecule has 0 radical (unpaired) electrons. The molecule has 1 amide bonds. The minimum atomic E-state index is -3.43. The highest BCUT2D eigenvalue weighted by atomic mass is 32.2. The van der Waals surface area contributed by atoms with E-state index >= 15 is 0 Å². The van der Waals surface area contributed by atoms with Crippen LogP contribution >= 0.6 is 0 Å². The highest BCUT2D eigenvalue weighted by Crippen LogP contribution is 2.21. The summed E-state index contributed by atoms with van der Waals surface area (Å²) < 4.78 is 23.9. The molecule has 1 aliphatic carbocycles. The van der Waals surface area contributed by atoms with Crippen LogP contribution in [0, 0.1) is 0 Å². The van der Waals surface area contributed by atoms with Gasteiger partial charge in [-0.1, -0.05) is 31.9 Å². The molecule has 110 valence electrons. The number of nitrogens with one attached hydrogen (secondary N) is 1. The number of carbonyl (C=O) groups excluding carboxylic acids is 1. The van der Waals surface area contributed by atoms with Crippen LogP contribution in [-0.2, 0) is 14.7 Å². The van der Waals surface area contributed by atoms with Gasteiger partial charge in [0.15, 0.2) is 9.84 Å². The minimum absolute atomic E-state index is 0.0360. The van der Waals surface area contributed by atoms with Gasteiger partial charge in [0.05, 0.1) is 22.3 Å². The second-order valence-corrected chi connectivity index (χ2v) is 7.10. The van der Waals surface area contributed by atoms with Gasteiger partial charge in [0.25, 0.3) is 5.91 Å². The third-order valence-electron chi connectivity index (χ3n) is 3.47. The van der Waals surface area contributed by atoms with E-state index in [0.717, 1.165) is 25.7 Å². The predicted octanol–water partition coefficient (Wildman–Crippen LogP) is 2.08. The number of benzene rings is 1. The lowest BCUT2D eigenvalue weighted by atomic mass is 10.2. The zero-order chi connectivity index (χ0) is 14.6. The van der Waals surface area contributed by atoms with Crippen LogP contribution in [0.5, 0.6) is 0 Å². The summed E-state index contributed by atoms with van der Waals surface area (Å²) in [6, 6.07) is 6.19. The Hall–Kier alpha value is -1.40. The third-order valence-corrected chi connectivity index (χ3v) is 5.25. The summed E-state index contributed by atoms with van der Waals surface area (Å²) in [7, 11) is -3.43. The first kappa shape index (κ1) is 15.0. The van der Waals surface area contributed by atoms with Crippen molar-refractivity contribution < 1.29 is 18.0 Å². The van der Waals surface area contributed by atoms with Crippen molar-refractivity contribution in [2.24, 2.45) is 0 Å². The van der Waals surface area contributed by atoms with Gasteiger partial charge in [-0.05, 0) is 25.0 Å². The molecule has 0 atom stereocenters. The van der Waals surface area contributed by atoms with Crippen LogP contribution in [0.3, 0.4) is 0 Å². The van der Waals surface area contributed by atoms with Crippen molar-refractivity contribution in [3.63, 3.8) is 0 Å². The smallest absolute Gasteiger partial charge is 0.270 e. The molecule has 0 heterocycles. The summed E-state index contributed by atoms with van der Waals surface area (Å²) >= 11 is 0. The molecule has 1 aromatic rings. The van der Waals surface area contributed by atoms with E-state index in [-0.39, 0.29) is 22.3 Å². The Morgan fingerprint density at radius 3 is 2.60 bits per heavy atom. The van der Waals surface area contributed by atoms with E-state index in [2.05, 4.69) is 5.48 Å². The van der Waals surface area contributed by atoms with Crippen LogP contribution in [-0.4, -0.2) is 26.2 Å². The Labute approximate surface area is 119 Å². The van der Waals surface area contributed by atoms with E-state index in [1.165, 1.54) is 12.1 Å². The monoisotopic (exact) mass is 297 g/mol.